The number of nitrogens with one attached hydrogen (secondary N) is 1. The second-order valence-corrected chi connectivity index (χ2v) is 7.49. The van der Waals surface area contributed by atoms with E-state index in [2.05, 4.69) is 5.32 Å². The van der Waals surface area contributed by atoms with Gasteiger partial charge in [-0.15, -0.1) is 0 Å². The molecule has 3 unspecified atom stereocenters. The lowest BCUT2D eigenvalue weighted by molar-refractivity contribution is 0.153. The molecule has 0 spiro atoms. The summed E-state index contributed by atoms with van der Waals surface area (Å²) < 4.78 is 23.0. The molecule has 1 saturated carbocycles. The lowest BCUT2D eigenvalue weighted by Crippen LogP contribution is -2.41. The molecule has 0 heterocycles. The van der Waals surface area contributed by atoms with Gasteiger partial charge in [-0.1, -0.05) is 19.8 Å². The predicted octanol–water partition coefficient (Wildman–Crippen LogP) is 1.09. The zero-order valence-corrected chi connectivity index (χ0v) is 11.7. The number of hydrogen-bond donors (Lipinski definition) is 2. The fraction of sp³-hybridized carbons (Fsp3) is 1.00. The van der Waals surface area contributed by atoms with E-state index >= 15 is 0 Å². The standard InChI is InChI=1S/C12H25NO3S/c1-3-5-11(14)9-13-10-6-4-7-12(8-10)17(2,15)16/h10-14H,3-9H2,1-2H3. The summed E-state index contributed by atoms with van der Waals surface area (Å²) in [5.74, 6) is 0. The van der Waals surface area contributed by atoms with Gasteiger partial charge in [-0.25, -0.2) is 8.42 Å². The van der Waals surface area contributed by atoms with E-state index in [-0.39, 0.29) is 17.4 Å². The van der Waals surface area contributed by atoms with Crippen LogP contribution in [0.5, 0.6) is 0 Å². The molecule has 0 aromatic heterocycles. The van der Waals surface area contributed by atoms with Gasteiger partial charge in [-0.3, -0.25) is 0 Å². The predicted molar refractivity (Wildman–Crippen MR) is 69.8 cm³/mol. The highest BCUT2D eigenvalue weighted by Crippen LogP contribution is 2.23. The molecule has 0 bridgehead atoms. The third kappa shape index (κ3) is 5.36. The van der Waals surface area contributed by atoms with Crippen LogP contribution in [0.2, 0.25) is 0 Å². The maximum Gasteiger partial charge on any atom is 0.150 e. The average molecular weight is 263 g/mol. The summed E-state index contributed by atoms with van der Waals surface area (Å²) >= 11 is 0. The Morgan fingerprint density at radius 3 is 2.71 bits per heavy atom. The highest BCUT2D eigenvalue weighted by Gasteiger charge is 2.28. The molecular weight excluding hydrogens is 238 g/mol. The first-order valence-electron chi connectivity index (χ1n) is 6.53. The van der Waals surface area contributed by atoms with Crippen LogP contribution in [0.4, 0.5) is 0 Å². The molecule has 1 rings (SSSR count). The Kier molecular flexibility index (Phi) is 5.89. The topological polar surface area (TPSA) is 66.4 Å². The quantitative estimate of drug-likeness (QED) is 0.753. The molecule has 0 aromatic carbocycles. The first-order chi connectivity index (χ1) is 7.93. The minimum absolute atomic E-state index is 0.197. The molecule has 1 aliphatic carbocycles. The Bertz CT molecular complexity index is 316. The number of aliphatic hydroxyl groups excluding tert-OH is 1. The van der Waals surface area contributed by atoms with Crippen LogP contribution < -0.4 is 5.32 Å². The van der Waals surface area contributed by atoms with Crippen LogP contribution in [0.15, 0.2) is 0 Å². The highest BCUT2D eigenvalue weighted by atomic mass is 32.2. The smallest absolute Gasteiger partial charge is 0.150 e. The van der Waals surface area contributed by atoms with E-state index in [9.17, 15) is 13.5 Å². The lowest BCUT2D eigenvalue weighted by Gasteiger charge is -2.29. The Morgan fingerprint density at radius 1 is 1.41 bits per heavy atom. The van der Waals surface area contributed by atoms with Crippen LogP contribution in [0.3, 0.4) is 0 Å². The van der Waals surface area contributed by atoms with Crippen LogP contribution in [-0.2, 0) is 9.84 Å². The van der Waals surface area contributed by atoms with Gasteiger partial charge in [-0.05, 0) is 25.7 Å². The van der Waals surface area contributed by atoms with Crippen LogP contribution in [0.25, 0.3) is 0 Å². The summed E-state index contributed by atoms with van der Waals surface area (Å²) in [5.41, 5.74) is 0. The number of sulfone groups is 1. The SMILES string of the molecule is CCCC(O)CNC1CCCC(S(C)(=O)=O)C1. The van der Waals surface area contributed by atoms with E-state index in [0.29, 0.717) is 13.0 Å². The summed E-state index contributed by atoms with van der Waals surface area (Å²) in [6.07, 6.45) is 6.25. The third-order valence-electron chi connectivity index (χ3n) is 3.50. The van der Waals surface area contributed by atoms with Gasteiger partial charge in [0.2, 0.25) is 0 Å². The zero-order valence-electron chi connectivity index (χ0n) is 10.9. The van der Waals surface area contributed by atoms with Crippen molar-refractivity contribution in [3.8, 4) is 0 Å². The van der Waals surface area contributed by atoms with Gasteiger partial charge in [0.25, 0.3) is 0 Å². The van der Waals surface area contributed by atoms with Crippen molar-refractivity contribution < 1.29 is 13.5 Å². The van der Waals surface area contributed by atoms with Gasteiger partial charge in [0, 0.05) is 18.8 Å². The Balaban J connectivity index is 2.35. The summed E-state index contributed by atoms with van der Waals surface area (Å²) in [5, 5.41) is 12.7. The van der Waals surface area contributed by atoms with Crippen molar-refractivity contribution in [2.24, 2.45) is 0 Å². The van der Waals surface area contributed by atoms with Crippen molar-refractivity contribution >= 4 is 9.84 Å². The molecule has 2 N–H and O–H groups in total. The fourth-order valence-electron chi connectivity index (χ4n) is 2.46. The van der Waals surface area contributed by atoms with Crippen LogP contribution in [0, 0.1) is 0 Å². The molecule has 0 aliphatic heterocycles. The molecule has 1 fully saturated rings. The van der Waals surface area contributed by atoms with E-state index in [1.54, 1.807) is 0 Å². The maximum atomic E-state index is 11.5. The van der Waals surface area contributed by atoms with Gasteiger partial charge in [0.1, 0.15) is 9.84 Å². The second-order valence-electron chi connectivity index (χ2n) is 5.17. The second kappa shape index (κ2) is 6.71. The van der Waals surface area contributed by atoms with E-state index in [1.807, 2.05) is 6.92 Å². The molecule has 0 aromatic rings. The fourth-order valence-corrected chi connectivity index (χ4v) is 3.63. The molecular formula is C12H25NO3S. The van der Waals surface area contributed by atoms with E-state index in [0.717, 1.165) is 32.1 Å². The number of rotatable bonds is 6. The largest absolute Gasteiger partial charge is 0.392 e. The highest BCUT2D eigenvalue weighted by molar-refractivity contribution is 7.91. The maximum absolute atomic E-state index is 11.5. The number of aliphatic hydroxyl groups is 1. The molecule has 1 aliphatic rings. The molecule has 102 valence electrons. The molecule has 4 nitrogen and oxygen atoms in total. The van der Waals surface area contributed by atoms with Gasteiger partial charge in [-0.2, -0.15) is 0 Å². The first-order valence-corrected chi connectivity index (χ1v) is 8.49. The van der Waals surface area contributed by atoms with E-state index in [1.165, 1.54) is 6.26 Å². The van der Waals surface area contributed by atoms with Gasteiger partial charge >= 0.3 is 0 Å². The van der Waals surface area contributed by atoms with E-state index in [4.69, 9.17) is 0 Å². The van der Waals surface area contributed by atoms with E-state index < -0.39 is 9.84 Å². The van der Waals surface area contributed by atoms with Crippen molar-refractivity contribution in [1.29, 1.82) is 0 Å². The third-order valence-corrected chi connectivity index (χ3v) is 5.13. The first kappa shape index (κ1) is 14.9. The summed E-state index contributed by atoms with van der Waals surface area (Å²) in [6.45, 7) is 2.62. The summed E-state index contributed by atoms with van der Waals surface area (Å²) in [4.78, 5) is 0. The van der Waals surface area contributed by atoms with Gasteiger partial charge in [0.05, 0.1) is 11.4 Å². The van der Waals surface area contributed by atoms with Crippen molar-refractivity contribution in [2.45, 2.75) is 62.8 Å². The molecule has 17 heavy (non-hydrogen) atoms. The van der Waals surface area contributed by atoms with Crippen molar-refractivity contribution in [3.05, 3.63) is 0 Å². The van der Waals surface area contributed by atoms with Crippen molar-refractivity contribution in [1.82, 2.24) is 5.32 Å². The lowest BCUT2D eigenvalue weighted by atomic mass is 9.95. The molecule has 3 atom stereocenters. The van der Waals surface area contributed by atoms with Gasteiger partial charge in [0.15, 0.2) is 0 Å². The molecule has 0 radical (unpaired) electrons. The Labute approximate surface area is 105 Å². The van der Waals surface area contributed by atoms with Crippen LogP contribution in [-0.4, -0.2) is 43.7 Å². The molecule has 5 heteroatoms. The van der Waals surface area contributed by atoms with Crippen LogP contribution >= 0.6 is 0 Å². The minimum Gasteiger partial charge on any atom is -0.392 e. The normalized spacial score (nSPS) is 27.9. The molecule has 0 amide bonds. The van der Waals surface area contributed by atoms with Crippen molar-refractivity contribution in [3.63, 3.8) is 0 Å². The zero-order chi connectivity index (χ0) is 12.9. The minimum atomic E-state index is -2.91. The summed E-state index contributed by atoms with van der Waals surface area (Å²) in [6, 6.07) is 0.245. The van der Waals surface area contributed by atoms with Crippen molar-refractivity contribution in [2.75, 3.05) is 12.8 Å². The average Bonchev–Trinajstić information content (AvgIpc) is 2.26. The monoisotopic (exact) mass is 263 g/mol. The molecule has 0 saturated heterocycles. The summed E-state index contributed by atoms with van der Waals surface area (Å²) in [7, 11) is -2.91. The Morgan fingerprint density at radius 2 is 2.12 bits per heavy atom. The van der Waals surface area contributed by atoms with Gasteiger partial charge < -0.3 is 10.4 Å². The number of hydrogen-bond acceptors (Lipinski definition) is 4. The van der Waals surface area contributed by atoms with Crippen LogP contribution in [0.1, 0.15) is 45.4 Å². The Hall–Kier alpha value is -0.130.